The molecule has 1 rings (SSSR count). The van der Waals surface area contributed by atoms with Gasteiger partial charge in [0, 0.05) is 14.1 Å². The van der Waals surface area contributed by atoms with E-state index < -0.39 is 35.8 Å². The van der Waals surface area contributed by atoms with E-state index in [1.165, 1.54) is 31.1 Å². The molecule has 1 aromatic carbocycles. The topological polar surface area (TPSA) is 67.9 Å². The fourth-order valence-electron chi connectivity index (χ4n) is 1.83. The molecule has 25 heavy (non-hydrogen) atoms. The first-order chi connectivity index (χ1) is 11.3. The predicted molar refractivity (Wildman–Crippen MR) is 83.9 cm³/mol. The zero-order valence-corrected chi connectivity index (χ0v) is 14.6. The second-order valence-electron chi connectivity index (χ2n) is 6.43. The molecule has 0 fully saturated rings. The van der Waals surface area contributed by atoms with Gasteiger partial charge in [0.2, 0.25) is 5.91 Å². The molecule has 9 heteroatoms. The van der Waals surface area contributed by atoms with Crippen molar-refractivity contribution in [3.8, 4) is 5.75 Å². The second-order valence-corrected chi connectivity index (χ2v) is 6.43. The molecule has 0 aromatic heterocycles. The minimum Gasteiger partial charge on any atom is -0.444 e. The number of nitrogens with one attached hydrogen (secondary N) is 1. The summed E-state index contributed by atoms with van der Waals surface area (Å²) in [4.78, 5) is 25.5. The van der Waals surface area contributed by atoms with Crippen molar-refractivity contribution in [3.63, 3.8) is 0 Å². The Morgan fingerprint density at radius 3 is 2.00 bits per heavy atom. The highest BCUT2D eigenvalue weighted by atomic mass is 19.4. The largest absolute Gasteiger partial charge is 0.573 e. The van der Waals surface area contributed by atoms with Gasteiger partial charge in [-0.1, -0.05) is 12.1 Å². The van der Waals surface area contributed by atoms with Crippen molar-refractivity contribution in [2.24, 2.45) is 0 Å². The van der Waals surface area contributed by atoms with Gasteiger partial charge >= 0.3 is 12.5 Å². The summed E-state index contributed by atoms with van der Waals surface area (Å²) >= 11 is 0. The Hall–Kier alpha value is -2.45. The molecule has 140 valence electrons. The van der Waals surface area contributed by atoms with E-state index in [-0.39, 0.29) is 0 Å². The van der Waals surface area contributed by atoms with Crippen LogP contribution in [0.2, 0.25) is 0 Å². The Morgan fingerprint density at radius 1 is 1.08 bits per heavy atom. The van der Waals surface area contributed by atoms with E-state index in [4.69, 9.17) is 4.74 Å². The number of alkyl halides is 3. The zero-order valence-electron chi connectivity index (χ0n) is 14.6. The lowest BCUT2D eigenvalue weighted by molar-refractivity contribution is -0.274. The van der Waals surface area contributed by atoms with Crippen LogP contribution >= 0.6 is 0 Å². The first-order valence-corrected chi connectivity index (χ1v) is 7.35. The first kappa shape index (κ1) is 20.6. The van der Waals surface area contributed by atoms with E-state index in [1.54, 1.807) is 20.8 Å². The van der Waals surface area contributed by atoms with E-state index in [2.05, 4.69) is 10.1 Å². The summed E-state index contributed by atoms with van der Waals surface area (Å²) in [5.41, 5.74) is -0.473. The summed E-state index contributed by atoms with van der Waals surface area (Å²) in [7, 11) is 2.99. The van der Waals surface area contributed by atoms with Gasteiger partial charge in [0.05, 0.1) is 0 Å². The average Bonchev–Trinajstić information content (AvgIpc) is 2.41. The lowest BCUT2D eigenvalue weighted by Gasteiger charge is -2.25. The van der Waals surface area contributed by atoms with Gasteiger partial charge in [0.1, 0.15) is 17.4 Å². The van der Waals surface area contributed by atoms with Gasteiger partial charge in [0.15, 0.2) is 0 Å². The third-order valence-corrected chi connectivity index (χ3v) is 2.80. The number of ether oxygens (including phenoxy) is 2. The number of carbonyl (C=O) groups excluding carboxylic acids is 2. The van der Waals surface area contributed by atoms with Crippen molar-refractivity contribution in [1.29, 1.82) is 0 Å². The van der Waals surface area contributed by atoms with Crippen LogP contribution in [-0.2, 0) is 9.53 Å². The molecule has 2 amide bonds. The van der Waals surface area contributed by atoms with Crippen LogP contribution in [0.4, 0.5) is 18.0 Å². The first-order valence-electron chi connectivity index (χ1n) is 7.35. The number of halogens is 3. The van der Waals surface area contributed by atoms with Crippen LogP contribution in [0.5, 0.6) is 5.75 Å². The van der Waals surface area contributed by atoms with Gasteiger partial charge in [-0.3, -0.25) is 4.79 Å². The van der Waals surface area contributed by atoms with Crippen molar-refractivity contribution >= 4 is 12.0 Å². The minimum absolute atomic E-state index is 0.291. The summed E-state index contributed by atoms with van der Waals surface area (Å²) in [5.74, 6) is -0.889. The number of amides is 2. The third kappa shape index (κ3) is 7.32. The van der Waals surface area contributed by atoms with Gasteiger partial charge in [-0.25, -0.2) is 4.79 Å². The molecule has 0 bridgehead atoms. The maximum absolute atomic E-state index is 12.3. The summed E-state index contributed by atoms with van der Waals surface area (Å²) in [6.07, 6.45) is -5.63. The lowest BCUT2D eigenvalue weighted by atomic mass is 10.1. The van der Waals surface area contributed by atoms with Gasteiger partial charge in [-0.05, 0) is 38.5 Å². The summed E-state index contributed by atoms with van der Waals surface area (Å²) in [6.45, 7) is 5.00. The van der Waals surface area contributed by atoms with Gasteiger partial charge < -0.3 is 19.7 Å². The highest BCUT2D eigenvalue weighted by Gasteiger charge is 2.31. The van der Waals surface area contributed by atoms with Crippen LogP contribution in [0.1, 0.15) is 32.4 Å². The predicted octanol–water partition coefficient (Wildman–Crippen LogP) is 3.24. The number of carbonyl (C=O) groups is 2. The summed E-state index contributed by atoms with van der Waals surface area (Å²) in [6, 6.07) is 3.56. The van der Waals surface area contributed by atoms with Crippen molar-refractivity contribution in [1.82, 2.24) is 10.2 Å². The van der Waals surface area contributed by atoms with Crippen molar-refractivity contribution < 1.29 is 32.2 Å². The second kappa shape index (κ2) is 7.62. The lowest BCUT2D eigenvalue weighted by Crippen LogP contribution is -2.42. The molecule has 1 aromatic rings. The van der Waals surface area contributed by atoms with E-state index in [0.717, 1.165) is 12.1 Å². The summed E-state index contributed by atoms with van der Waals surface area (Å²) in [5, 5.41) is 2.42. The molecule has 0 radical (unpaired) electrons. The van der Waals surface area contributed by atoms with Crippen LogP contribution in [0, 0.1) is 0 Å². The number of benzene rings is 1. The van der Waals surface area contributed by atoms with E-state index in [0.29, 0.717) is 5.56 Å². The highest BCUT2D eigenvalue weighted by molar-refractivity contribution is 5.86. The SMILES string of the molecule is CN(C)C(=O)C(NC(=O)OC(C)(C)C)c1ccc(OC(F)(F)F)cc1. The fourth-order valence-corrected chi connectivity index (χ4v) is 1.83. The van der Waals surface area contributed by atoms with E-state index in [1.807, 2.05) is 0 Å². The van der Waals surface area contributed by atoms with Crippen LogP contribution in [-0.4, -0.2) is 43.0 Å². The number of rotatable bonds is 4. The Bertz CT molecular complexity index is 607. The minimum atomic E-state index is -4.81. The number of likely N-dealkylation sites (N-methyl/N-ethyl adjacent to an activating group) is 1. The zero-order chi connectivity index (χ0) is 19.4. The number of alkyl carbamates (subject to hydrolysis) is 1. The van der Waals surface area contributed by atoms with Crippen molar-refractivity contribution in [2.45, 2.75) is 38.8 Å². The van der Waals surface area contributed by atoms with Gasteiger partial charge in [0.25, 0.3) is 0 Å². The van der Waals surface area contributed by atoms with Crippen LogP contribution in [0.15, 0.2) is 24.3 Å². The monoisotopic (exact) mass is 362 g/mol. The smallest absolute Gasteiger partial charge is 0.444 e. The molecule has 0 heterocycles. The van der Waals surface area contributed by atoms with E-state index in [9.17, 15) is 22.8 Å². The molecule has 6 nitrogen and oxygen atoms in total. The van der Waals surface area contributed by atoms with Gasteiger partial charge in [-0.2, -0.15) is 0 Å². The molecule has 0 aliphatic carbocycles. The molecule has 0 saturated carbocycles. The Balaban J connectivity index is 3.00. The number of hydrogen-bond acceptors (Lipinski definition) is 4. The molecular weight excluding hydrogens is 341 g/mol. The summed E-state index contributed by atoms with van der Waals surface area (Å²) < 4.78 is 45.5. The normalized spacial score (nSPS) is 13.0. The highest BCUT2D eigenvalue weighted by Crippen LogP contribution is 2.25. The van der Waals surface area contributed by atoms with Crippen LogP contribution < -0.4 is 10.1 Å². The quantitative estimate of drug-likeness (QED) is 0.893. The molecule has 0 aliphatic rings. The maximum Gasteiger partial charge on any atom is 0.573 e. The molecular formula is C16H21F3N2O4. The standard InChI is InChI=1S/C16H21F3N2O4/c1-15(2,3)25-14(23)20-12(13(22)21(4)5)10-6-8-11(9-7-10)24-16(17,18)19/h6-9,12H,1-5H3,(H,20,23). The molecule has 0 aliphatic heterocycles. The average molecular weight is 362 g/mol. The molecule has 1 atom stereocenters. The van der Waals surface area contributed by atoms with E-state index >= 15 is 0 Å². The molecule has 1 N–H and O–H groups in total. The fraction of sp³-hybridized carbons (Fsp3) is 0.500. The molecule has 1 unspecified atom stereocenters. The van der Waals surface area contributed by atoms with Crippen molar-refractivity contribution in [3.05, 3.63) is 29.8 Å². The Kier molecular flexibility index (Phi) is 6.28. The molecule has 0 saturated heterocycles. The van der Waals surface area contributed by atoms with Crippen molar-refractivity contribution in [2.75, 3.05) is 14.1 Å². The number of hydrogen-bond donors (Lipinski definition) is 1. The molecule has 0 spiro atoms. The Morgan fingerprint density at radius 2 is 1.60 bits per heavy atom. The number of nitrogens with zero attached hydrogens (tertiary/aromatic N) is 1. The van der Waals surface area contributed by atoms with Crippen LogP contribution in [0.25, 0.3) is 0 Å². The Labute approximate surface area is 143 Å². The van der Waals surface area contributed by atoms with Gasteiger partial charge in [-0.15, -0.1) is 13.2 Å². The van der Waals surface area contributed by atoms with Crippen LogP contribution in [0.3, 0.4) is 0 Å². The maximum atomic E-state index is 12.3. The third-order valence-electron chi connectivity index (χ3n) is 2.80.